The molecule has 7 unspecified atom stereocenters. The van der Waals surface area contributed by atoms with Crippen LogP contribution in [-0.2, 0) is 9.53 Å². The predicted molar refractivity (Wildman–Crippen MR) is 58.7 cm³/mol. The molecular weight excluding hydrogens is 283 g/mol. The first-order chi connectivity index (χ1) is 9.19. The summed E-state index contributed by atoms with van der Waals surface area (Å²) in [5.74, 6) is -2.26. The molecule has 4 bridgehead atoms. The number of halogens is 5. The third-order valence-electron chi connectivity index (χ3n) is 4.82. The summed E-state index contributed by atoms with van der Waals surface area (Å²) in [6.45, 7) is 3.12. The van der Waals surface area contributed by atoms with E-state index in [9.17, 15) is 26.7 Å². The zero-order valence-electron chi connectivity index (χ0n) is 10.4. The normalized spacial score (nSPS) is 56.6. The fourth-order valence-electron chi connectivity index (χ4n) is 4.11. The summed E-state index contributed by atoms with van der Waals surface area (Å²) in [5, 5.41) is 0. The molecule has 0 aromatic heterocycles. The van der Waals surface area contributed by atoms with E-state index in [2.05, 4.69) is 6.58 Å². The van der Waals surface area contributed by atoms with Crippen LogP contribution < -0.4 is 0 Å². The molecule has 4 saturated carbocycles. The second-order valence-corrected chi connectivity index (χ2v) is 6.02. The number of hydrogen-bond donors (Lipinski definition) is 0. The Balaban J connectivity index is 2.07. The molecule has 0 radical (unpaired) electrons. The van der Waals surface area contributed by atoms with Crippen LogP contribution in [0.15, 0.2) is 12.7 Å². The molecule has 112 valence electrons. The van der Waals surface area contributed by atoms with Crippen molar-refractivity contribution in [3.8, 4) is 0 Å². The van der Waals surface area contributed by atoms with Gasteiger partial charge in [0.2, 0.25) is 0 Å². The molecule has 0 aliphatic heterocycles. The highest BCUT2D eigenvalue weighted by molar-refractivity contribution is 5.81. The number of ether oxygens (including phenoxy) is 1. The maximum Gasteiger partial charge on any atom is 0.330 e. The van der Waals surface area contributed by atoms with Crippen molar-refractivity contribution in [1.29, 1.82) is 0 Å². The number of carbonyl (C=O) groups is 1. The lowest BCUT2D eigenvalue weighted by Crippen LogP contribution is -2.80. The Labute approximate surface area is 112 Å². The van der Waals surface area contributed by atoms with E-state index in [-0.39, 0.29) is 6.42 Å². The first-order valence-corrected chi connectivity index (χ1v) is 6.35. The summed E-state index contributed by atoms with van der Waals surface area (Å²) in [6.07, 6.45) is -9.00. The highest BCUT2D eigenvalue weighted by Crippen LogP contribution is 2.65. The zero-order valence-corrected chi connectivity index (χ0v) is 10.4. The van der Waals surface area contributed by atoms with E-state index in [1.54, 1.807) is 0 Å². The average molecular weight is 296 g/mol. The summed E-state index contributed by atoms with van der Waals surface area (Å²) in [7, 11) is 0. The Morgan fingerprint density at radius 2 is 1.80 bits per heavy atom. The molecule has 4 aliphatic rings. The maximum absolute atomic E-state index is 14.5. The molecule has 20 heavy (non-hydrogen) atoms. The molecule has 0 aromatic rings. The van der Waals surface area contributed by atoms with Gasteiger partial charge in [0.25, 0.3) is 0 Å². The van der Waals surface area contributed by atoms with Crippen molar-refractivity contribution in [2.24, 2.45) is 5.92 Å². The predicted octanol–water partition coefficient (Wildman–Crippen LogP) is 2.71. The molecule has 0 saturated heterocycles. The lowest BCUT2D eigenvalue weighted by Gasteiger charge is -2.63. The van der Waals surface area contributed by atoms with Gasteiger partial charge in [-0.3, -0.25) is 0 Å². The van der Waals surface area contributed by atoms with Crippen LogP contribution in [0.25, 0.3) is 0 Å². The van der Waals surface area contributed by atoms with Gasteiger partial charge in [-0.2, -0.15) is 0 Å². The smallest absolute Gasteiger partial charge is 0.330 e. The molecule has 4 aliphatic carbocycles. The summed E-state index contributed by atoms with van der Waals surface area (Å²) in [4.78, 5) is 11.3. The largest absolute Gasteiger partial charge is 0.453 e. The summed E-state index contributed by atoms with van der Waals surface area (Å²) in [5.41, 5.74) is -8.46. The molecule has 0 N–H and O–H groups in total. The van der Waals surface area contributed by atoms with Crippen molar-refractivity contribution in [3.63, 3.8) is 0 Å². The van der Waals surface area contributed by atoms with Crippen molar-refractivity contribution in [2.45, 2.75) is 54.7 Å². The van der Waals surface area contributed by atoms with Crippen LogP contribution in [0.4, 0.5) is 22.0 Å². The van der Waals surface area contributed by atoms with Crippen molar-refractivity contribution >= 4 is 5.97 Å². The van der Waals surface area contributed by atoms with Crippen molar-refractivity contribution in [1.82, 2.24) is 0 Å². The number of esters is 1. The van der Waals surface area contributed by atoms with Crippen LogP contribution in [-0.4, -0.2) is 41.4 Å². The molecule has 0 heterocycles. The van der Waals surface area contributed by atoms with E-state index < -0.39 is 60.2 Å². The van der Waals surface area contributed by atoms with Gasteiger partial charge in [-0.15, -0.1) is 0 Å². The Hall–Kier alpha value is -1.14. The third-order valence-corrected chi connectivity index (χ3v) is 4.82. The van der Waals surface area contributed by atoms with Gasteiger partial charge < -0.3 is 4.74 Å². The minimum absolute atomic E-state index is 0.348. The van der Waals surface area contributed by atoms with Gasteiger partial charge in [0.1, 0.15) is 6.17 Å². The second-order valence-electron chi connectivity index (χ2n) is 6.02. The minimum Gasteiger partial charge on any atom is -0.453 e. The molecule has 7 atom stereocenters. The molecule has 0 aromatic carbocycles. The van der Waals surface area contributed by atoms with Crippen LogP contribution in [0, 0.1) is 5.92 Å². The van der Waals surface area contributed by atoms with Crippen LogP contribution in [0.2, 0.25) is 0 Å². The summed E-state index contributed by atoms with van der Waals surface area (Å²) >= 11 is 0. The number of alkyl halides is 5. The second kappa shape index (κ2) is 3.74. The zero-order chi connectivity index (χ0) is 14.9. The summed E-state index contributed by atoms with van der Waals surface area (Å²) < 4.78 is 76.1. The number of rotatable bonds is 2. The van der Waals surface area contributed by atoms with E-state index in [0.717, 1.165) is 6.08 Å². The fourth-order valence-corrected chi connectivity index (χ4v) is 4.11. The van der Waals surface area contributed by atoms with Crippen LogP contribution in [0.5, 0.6) is 0 Å². The van der Waals surface area contributed by atoms with E-state index in [0.29, 0.717) is 0 Å². The SMILES string of the molecule is C=CC(=O)OC12CC3CC(F)(C1F)C(F)C(F)(C2)C3F. The number of hydrogen-bond acceptors (Lipinski definition) is 2. The molecule has 4 rings (SSSR count). The lowest BCUT2D eigenvalue weighted by molar-refractivity contribution is -0.307. The van der Waals surface area contributed by atoms with Crippen molar-refractivity contribution in [3.05, 3.63) is 12.7 Å². The van der Waals surface area contributed by atoms with Gasteiger partial charge in [0.15, 0.2) is 29.3 Å². The quantitative estimate of drug-likeness (QED) is 0.445. The molecule has 4 fully saturated rings. The lowest BCUT2D eigenvalue weighted by atomic mass is 9.49. The van der Waals surface area contributed by atoms with Gasteiger partial charge in [-0.25, -0.2) is 26.7 Å². The Kier molecular flexibility index (Phi) is 2.58. The maximum atomic E-state index is 14.5. The monoisotopic (exact) mass is 296 g/mol. The van der Waals surface area contributed by atoms with Crippen molar-refractivity contribution < 1.29 is 31.5 Å². The van der Waals surface area contributed by atoms with E-state index >= 15 is 0 Å². The molecular formula is C13H13F5O2. The Bertz CT molecular complexity index is 481. The first kappa shape index (κ1) is 13.8. The Morgan fingerprint density at radius 3 is 2.40 bits per heavy atom. The third kappa shape index (κ3) is 1.36. The van der Waals surface area contributed by atoms with Gasteiger partial charge in [-0.05, 0) is 12.8 Å². The van der Waals surface area contributed by atoms with Crippen LogP contribution in [0.1, 0.15) is 19.3 Å². The standard InChI is InChI=1S/C13H13F5O2/c1-2-7(19)20-11-3-6-4-12(17,9(11)15)10(16)13(18,5-11)8(6)14/h2,6,8-10H,1,3-5H2. The average Bonchev–Trinajstić information content (AvgIpc) is 2.39. The van der Waals surface area contributed by atoms with Gasteiger partial charge in [0.05, 0.1) is 0 Å². The van der Waals surface area contributed by atoms with Gasteiger partial charge in [-0.1, -0.05) is 6.58 Å². The van der Waals surface area contributed by atoms with Gasteiger partial charge in [0, 0.05) is 18.4 Å². The molecule has 2 nitrogen and oxygen atoms in total. The minimum atomic E-state index is -3.15. The van der Waals surface area contributed by atoms with Crippen LogP contribution >= 0.6 is 0 Å². The highest BCUT2D eigenvalue weighted by Gasteiger charge is 2.81. The number of carbonyl (C=O) groups excluding carboxylic acids is 1. The van der Waals surface area contributed by atoms with Crippen molar-refractivity contribution in [2.75, 3.05) is 0 Å². The molecule has 0 amide bonds. The first-order valence-electron chi connectivity index (χ1n) is 6.35. The molecule has 0 spiro atoms. The van der Waals surface area contributed by atoms with E-state index in [1.807, 2.05) is 0 Å². The van der Waals surface area contributed by atoms with E-state index in [4.69, 9.17) is 4.74 Å². The fraction of sp³-hybridized carbons (Fsp3) is 0.769. The van der Waals surface area contributed by atoms with Gasteiger partial charge >= 0.3 is 5.97 Å². The Morgan fingerprint density at radius 1 is 1.15 bits per heavy atom. The molecule has 7 heteroatoms. The summed E-state index contributed by atoms with van der Waals surface area (Å²) in [6, 6.07) is 0. The topological polar surface area (TPSA) is 26.3 Å². The van der Waals surface area contributed by atoms with E-state index in [1.165, 1.54) is 0 Å². The highest BCUT2D eigenvalue weighted by atomic mass is 19.2. The van der Waals surface area contributed by atoms with Crippen LogP contribution in [0.3, 0.4) is 0 Å².